The SMILES string of the molecule is CCCCCCCCCCCCCCCCCCCCCCCCCC(=O)OC(COC(=O)CCCCCCCCCCCCCCCCCCCC)COP(=O)(O)O. The highest BCUT2D eigenvalue weighted by atomic mass is 31.2. The van der Waals surface area contributed by atoms with Crippen LogP contribution in [0.2, 0.25) is 0 Å². The second-order valence-corrected chi connectivity index (χ2v) is 19.1. The van der Waals surface area contributed by atoms with Gasteiger partial charge in [0.15, 0.2) is 6.10 Å². The van der Waals surface area contributed by atoms with Gasteiger partial charge in [-0.1, -0.05) is 264 Å². The lowest BCUT2D eigenvalue weighted by Crippen LogP contribution is -2.29. The summed E-state index contributed by atoms with van der Waals surface area (Å²) in [5, 5.41) is 0. The molecule has 0 amide bonds. The third kappa shape index (κ3) is 49.6. The van der Waals surface area contributed by atoms with Crippen LogP contribution >= 0.6 is 7.82 Å². The molecular weight excluding hydrogens is 760 g/mol. The second-order valence-electron chi connectivity index (χ2n) is 17.9. The predicted octanol–water partition coefficient (Wildman–Crippen LogP) is 16.4. The highest BCUT2D eigenvalue weighted by molar-refractivity contribution is 7.46. The molecule has 0 saturated carbocycles. The molecule has 2 N–H and O–H groups in total. The summed E-state index contributed by atoms with van der Waals surface area (Å²) < 4.78 is 26.5. The lowest BCUT2D eigenvalue weighted by molar-refractivity contribution is -0.161. The fourth-order valence-corrected chi connectivity index (χ4v) is 8.39. The lowest BCUT2D eigenvalue weighted by Gasteiger charge is -2.18. The van der Waals surface area contributed by atoms with E-state index in [0.717, 1.165) is 32.1 Å². The molecule has 0 aromatic rings. The van der Waals surface area contributed by atoms with Crippen LogP contribution in [0.25, 0.3) is 0 Å². The Morgan fingerprint density at radius 2 is 0.610 bits per heavy atom. The first-order chi connectivity index (χ1) is 28.8. The predicted molar refractivity (Wildman–Crippen MR) is 249 cm³/mol. The number of hydrogen-bond donors (Lipinski definition) is 2. The number of ether oxygens (including phenoxy) is 2. The summed E-state index contributed by atoms with van der Waals surface area (Å²) in [7, 11) is -4.75. The molecule has 0 aromatic heterocycles. The zero-order valence-electron chi connectivity index (χ0n) is 39.2. The molecule has 0 aliphatic rings. The zero-order chi connectivity index (χ0) is 43.2. The van der Waals surface area contributed by atoms with Gasteiger partial charge in [0.25, 0.3) is 0 Å². The van der Waals surface area contributed by atoms with Gasteiger partial charge in [-0.05, 0) is 12.8 Å². The van der Waals surface area contributed by atoms with E-state index < -0.39 is 32.5 Å². The Bertz CT molecular complexity index is 925. The Kier molecular flexibility index (Phi) is 45.8. The highest BCUT2D eigenvalue weighted by Crippen LogP contribution is 2.36. The van der Waals surface area contributed by atoms with Crippen molar-refractivity contribution in [2.24, 2.45) is 0 Å². The minimum absolute atomic E-state index is 0.221. The summed E-state index contributed by atoms with van der Waals surface area (Å²) >= 11 is 0. The number of phosphoric acid groups is 1. The van der Waals surface area contributed by atoms with E-state index in [1.807, 2.05) is 0 Å². The van der Waals surface area contributed by atoms with Crippen molar-refractivity contribution in [3.8, 4) is 0 Å². The van der Waals surface area contributed by atoms with Crippen LogP contribution in [0.15, 0.2) is 0 Å². The molecular formula is C50H99O8P. The molecule has 0 spiro atoms. The number of rotatable bonds is 49. The minimum Gasteiger partial charge on any atom is -0.462 e. The highest BCUT2D eigenvalue weighted by Gasteiger charge is 2.23. The zero-order valence-corrected chi connectivity index (χ0v) is 40.1. The van der Waals surface area contributed by atoms with Crippen molar-refractivity contribution in [2.45, 2.75) is 296 Å². The molecule has 0 aliphatic carbocycles. The first-order valence-corrected chi connectivity index (χ1v) is 27.4. The Balaban J connectivity index is 3.74. The number of carbonyl (C=O) groups is 2. The number of esters is 2. The van der Waals surface area contributed by atoms with Gasteiger partial charge in [-0.25, -0.2) is 4.57 Å². The maximum atomic E-state index is 12.5. The average molecular weight is 859 g/mol. The topological polar surface area (TPSA) is 119 Å². The maximum absolute atomic E-state index is 12.5. The third-order valence-electron chi connectivity index (χ3n) is 11.9. The fourth-order valence-electron chi connectivity index (χ4n) is 8.03. The van der Waals surface area contributed by atoms with Gasteiger partial charge in [0.1, 0.15) is 6.61 Å². The Labute approximate surface area is 365 Å². The van der Waals surface area contributed by atoms with Crippen molar-refractivity contribution in [1.82, 2.24) is 0 Å². The van der Waals surface area contributed by atoms with Crippen molar-refractivity contribution >= 4 is 19.8 Å². The van der Waals surface area contributed by atoms with Crippen LogP contribution in [0, 0.1) is 0 Å². The van der Waals surface area contributed by atoms with Gasteiger partial charge < -0.3 is 19.3 Å². The third-order valence-corrected chi connectivity index (χ3v) is 12.4. The fraction of sp³-hybridized carbons (Fsp3) is 0.960. The Morgan fingerprint density at radius 3 is 0.864 bits per heavy atom. The van der Waals surface area contributed by atoms with Crippen molar-refractivity contribution in [3.05, 3.63) is 0 Å². The molecule has 0 fully saturated rings. The van der Waals surface area contributed by atoms with Crippen LogP contribution in [0.5, 0.6) is 0 Å². The maximum Gasteiger partial charge on any atom is 0.469 e. The molecule has 0 rings (SSSR count). The first kappa shape index (κ1) is 58.0. The summed E-state index contributed by atoms with van der Waals surface area (Å²) in [5.41, 5.74) is 0. The van der Waals surface area contributed by atoms with E-state index in [9.17, 15) is 14.2 Å². The van der Waals surface area contributed by atoms with E-state index in [-0.39, 0.29) is 19.4 Å². The molecule has 0 bridgehead atoms. The molecule has 59 heavy (non-hydrogen) atoms. The summed E-state index contributed by atoms with van der Waals surface area (Å²) in [6, 6.07) is 0. The van der Waals surface area contributed by atoms with Gasteiger partial charge in [0, 0.05) is 12.8 Å². The van der Waals surface area contributed by atoms with Crippen LogP contribution in [-0.4, -0.2) is 41.0 Å². The summed E-state index contributed by atoms with van der Waals surface area (Å²) in [6.45, 7) is 3.75. The van der Waals surface area contributed by atoms with Crippen molar-refractivity contribution < 1.29 is 37.9 Å². The average Bonchev–Trinajstić information content (AvgIpc) is 3.21. The smallest absolute Gasteiger partial charge is 0.462 e. The van der Waals surface area contributed by atoms with Crippen molar-refractivity contribution in [1.29, 1.82) is 0 Å². The van der Waals surface area contributed by atoms with Crippen LogP contribution in [0.3, 0.4) is 0 Å². The van der Waals surface area contributed by atoms with Crippen LogP contribution < -0.4 is 0 Å². The molecule has 0 aromatic carbocycles. The number of carbonyl (C=O) groups excluding carboxylic acids is 2. The van der Waals surface area contributed by atoms with Gasteiger partial charge in [-0.3, -0.25) is 14.1 Å². The summed E-state index contributed by atoms with van der Waals surface area (Å²) in [5.74, 6) is -0.860. The van der Waals surface area contributed by atoms with Crippen molar-refractivity contribution in [2.75, 3.05) is 13.2 Å². The minimum atomic E-state index is -4.75. The molecule has 1 atom stereocenters. The van der Waals surface area contributed by atoms with Gasteiger partial charge in [0.05, 0.1) is 6.61 Å². The van der Waals surface area contributed by atoms with E-state index in [2.05, 4.69) is 18.4 Å². The van der Waals surface area contributed by atoms with Gasteiger partial charge in [-0.2, -0.15) is 0 Å². The van der Waals surface area contributed by atoms with Crippen molar-refractivity contribution in [3.63, 3.8) is 0 Å². The lowest BCUT2D eigenvalue weighted by atomic mass is 10.0. The van der Waals surface area contributed by atoms with Gasteiger partial charge in [-0.15, -0.1) is 0 Å². The molecule has 0 aliphatic heterocycles. The van der Waals surface area contributed by atoms with Crippen LogP contribution in [-0.2, 0) is 28.2 Å². The van der Waals surface area contributed by atoms with E-state index in [1.54, 1.807) is 0 Å². The van der Waals surface area contributed by atoms with E-state index >= 15 is 0 Å². The summed E-state index contributed by atoms with van der Waals surface area (Å²) in [4.78, 5) is 43.1. The Morgan fingerprint density at radius 1 is 0.373 bits per heavy atom. The summed E-state index contributed by atoms with van der Waals surface area (Å²) in [6.07, 6.45) is 52.7. The van der Waals surface area contributed by atoms with Crippen LogP contribution in [0.4, 0.5) is 0 Å². The standard InChI is InChI=1S/C50H99O8P/c1-3-5-7-9-11-13-15-17-19-21-23-24-25-26-27-29-31-33-35-37-39-41-43-45-50(52)58-48(47-57-59(53,54)55)46-56-49(51)44-42-40-38-36-34-32-30-28-22-20-18-16-14-12-10-8-6-4-2/h48H,3-47H2,1-2H3,(H2,53,54,55). The van der Waals surface area contributed by atoms with Gasteiger partial charge >= 0.3 is 19.8 Å². The molecule has 0 saturated heterocycles. The number of phosphoric ester groups is 1. The molecule has 352 valence electrons. The molecule has 8 nitrogen and oxygen atoms in total. The molecule has 1 unspecified atom stereocenters. The molecule has 0 radical (unpaired) electrons. The van der Waals surface area contributed by atoms with E-state index in [1.165, 1.54) is 225 Å². The second kappa shape index (κ2) is 46.6. The van der Waals surface area contributed by atoms with E-state index in [4.69, 9.17) is 19.3 Å². The number of hydrogen-bond acceptors (Lipinski definition) is 6. The molecule has 9 heteroatoms. The quantitative estimate of drug-likeness (QED) is 0.0353. The van der Waals surface area contributed by atoms with E-state index in [0.29, 0.717) is 6.42 Å². The normalized spacial score (nSPS) is 12.3. The number of unbranched alkanes of at least 4 members (excludes halogenated alkanes) is 39. The Hall–Kier alpha value is -0.950. The van der Waals surface area contributed by atoms with Gasteiger partial charge in [0.2, 0.25) is 0 Å². The van der Waals surface area contributed by atoms with Crippen LogP contribution in [0.1, 0.15) is 290 Å². The first-order valence-electron chi connectivity index (χ1n) is 25.8. The monoisotopic (exact) mass is 859 g/mol. The molecule has 0 heterocycles. The largest absolute Gasteiger partial charge is 0.469 e.